The second-order valence-corrected chi connectivity index (χ2v) is 12.1. The number of nitrogens with two attached hydrogens (primary N) is 1. The highest BCUT2D eigenvalue weighted by Crippen LogP contribution is 2.75. The van der Waals surface area contributed by atoms with Crippen LogP contribution in [0.2, 0.25) is 0 Å². The van der Waals surface area contributed by atoms with E-state index in [4.69, 9.17) is 15.2 Å². The summed E-state index contributed by atoms with van der Waals surface area (Å²) in [6.45, 7) is 5.99. The van der Waals surface area contributed by atoms with Gasteiger partial charge in [-0.3, -0.25) is 9.69 Å². The number of hydrogen-bond acceptors (Lipinski definition) is 5. The third-order valence-corrected chi connectivity index (χ3v) is 10.2. The molecule has 2 saturated carbocycles. The lowest BCUT2D eigenvalue weighted by Gasteiger charge is -2.72. The minimum atomic E-state index is -0.935. The van der Waals surface area contributed by atoms with Gasteiger partial charge in [0, 0.05) is 36.6 Å². The molecule has 2 spiro atoms. The van der Waals surface area contributed by atoms with Crippen LogP contribution in [-0.2, 0) is 16.6 Å². The molecule has 4 bridgehead atoms. The Hall–Kier alpha value is -1.89. The molecule has 1 aromatic rings. The van der Waals surface area contributed by atoms with Crippen LogP contribution in [0, 0.1) is 17.3 Å². The van der Waals surface area contributed by atoms with Gasteiger partial charge in [-0.05, 0) is 70.0 Å². The molecular formula is C27H34N2O4. The Balaban J connectivity index is 1.51. The fraction of sp³-hybridized carbons (Fsp3) is 0.667. The number of likely N-dealkylation sites (tertiary alicyclic amines) is 1. The molecule has 8 rings (SSSR count). The molecule has 2 aliphatic heterocycles. The molecule has 6 atom stereocenters. The second kappa shape index (κ2) is 6.02. The molecule has 6 heteroatoms. The van der Waals surface area contributed by atoms with Crippen LogP contribution in [0.25, 0.3) is 0 Å². The molecule has 1 amide bonds. The van der Waals surface area contributed by atoms with Crippen LogP contribution in [0.4, 0.5) is 0 Å². The monoisotopic (exact) mass is 450 g/mol. The van der Waals surface area contributed by atoms with Gasteiger partial charge in [-0.25, -0.2) is 0 Å². The Kier molecular flexibility index (Phi) is 3.74. The topological polar surface area (TPSA) is 85.0 Å². The number of fused-ring (bicyclic) bond motifs is 1. The smallest absolute Gasteiger partial charge is 0.252 e. The average Bonchev–Trinajstić information content (AvgIpc) is 3.51. The summed E-state index contributed by atoms with van der Waals surface area (Å²) in [7, 11) is 1.74. The standard InChI is InChI=1S/C27H34N2O4/c1-24(2,31)18-13-25-8-9-27(18,32-3)23-26(25)10-11-29(14-15-4-5-15)19(25)12-16-6-7-17(22(28)30)21(33-23)20(16)26/h6-9,15,18-19,23,31H,4-5,10-14H2,1-3H3,(H2,28,30)/t18-,19-,23-,25-,26+,27+/m1/s1. The minimum Gasteiger partial charge on any atom is -0.485 e. The number of hydrogen-bond donors (Lipinski definition) is 2. The Morgan fingerprint density at radius 2 is 2.12 bits per heavy atom. The van der Waals surface area contributed by atoms with Gasteiger partial charge in [0.25, 0.3) is 5.91 Å². The zero-order chi connectivity index (χ0) is 23.0. The van der Waals surface area contributed by atoms with Crippen LogP contribution >= 0.6 is 0 Å². The highest BCUT2D eigenvalue weighted by atomic mass is 16.6. The number of benzene rings is 1. The van der Waals surface area contributed by atoms with Gasteiger partial charge in [0.15, 0.2) is 0 Å². The van der Waals surface area contributed by atoms with Gasteiger partial charge in [-0.15, -0.1) is 0 Å². The fourth-order valence-corrected chi connectivity index (χ4v) is 8.79. The molecule has 3 fully saturated rings. The molecule has 176 valence electrons. The largest absolute Gasteiger partial charge is 0.485 e. The number of piperidine rings is 1. The first-order chi connectivity index (χ1) is 15.7. The number of methoxy groups -OCH3 is 1. The molecule has 3 N–H and O–H groups in total. The molecule has 1 aromatic carbocycles. The van der Waals surface area contributed by atoms with Crippen LogP contribution < -0.4 is 10.5 Å². The van der Waals surface area contributed by atoms with Crippen molar-refractivity contribution in [1.29, 1.82) is 0 Å². The van der Waals surface area contributed by atoms with Gasteiger partial charge in [0.2, 0.25) is 0 Å². The molecule has 1 saturated heterocycles. The summed E-state index contributed by atoms with van der Waals surface area (Å²) in [6, 6.07) is 4.32. The highest BCUT2D eigenvalue weighted by molar-refractivity contribution is 5.97. The van der Waals surface area contributed by atoms with Crippen molar-refractivity contribution in [3.8, 4) is 5.75 Å². The maximum Gasteiger partial charge on any atom is 0.252 e. The van der Waals surface area contributed by atoms with Crippen LogP contribution in [0.15, 0.2) is 24.3 Å². The number of rotatable bonds is 5. The van der Waals surface area contributed by atoms with E-state index in [1.807, 2.05) is 19.9 Å². The maximum atomic E-state index is 12.4. The minimum absolute atomic E-state index is 0.116. The average molecular weight is 451 g/mol. The zero-order valence-corrected chi connectivity index (χ0v) is 19.8. The van der Waals surface area contributed by atoms with E-state index in [2.05, 4.69) is 23.1 Å². The van der Waals surface area contributed by atoms with Crippen molar-refractivity contribution in [3.63, 3.8) is 0 Å². The van der Waals surface area contributed by atoms with Gasteiger partial charge in [0.1, 0.15) is 17.5 Å². The maximum absolute atomic E-state index is 12.4. The van der Waals surface area contributed by atoms with Crippen molar-refractivity contribution < 1.29 is 19.4 Å². The Morgan fingerprint density at radius 1 is 1.33 bits per heavy atom. The first-order valence-electron chi connectivity index (χ1n) is 12.5. The number of carbonyl (C=O) groups is 1. The number of carbonyl (C=O) groups excluding carboxylic acids is 1. The van der Waals surface area contributed by atoms with E-state index in [9.17, 15) is 9.90 Å². The molecule has 2 heterocycles. The van der Waals surface area contributed by atoms with E-state index < -0.39 is 17.1 Å². The summed E-state index contributed by atoms with van der Waals surface area (Å²) in [5.74, 6) is 0.926. The molecule has 6 nitrogen and oxygen atoms in total. The molecule has 0 aromatic heterocycles. The van der Waals surface area contributed by atoms with Crippen molar-refractivity contribution in [3.05, 3.63) is 41.0 Å². The van der Waals surface area contributed by atoms with Crippen LogP contribution in [0.1, 0.15) is 61.0 Å². The van der Waals surface area contributed by atoms with E-state index in [1.165, 1.54) is 24.0 Å². The Morgan fingerprint density at radius 3 is 2.79 bits per heavy atom. The molecule has 5 aliphatic carbocycles. The molecular weight excluding hydrogens is 416 g/mol. The van der Waals surface area contributed by atoms with E-state index in [0.717, 1.165) is 38.3 Å². The quantitative estimate of drug-likeness (QED) is 0.674. The third kappa shape index (κ3) is 2.20. The lowest BCUT2D eigenvalue weighted by atomic mass is 9.36. The fourth-order valence-electron chi connectivity index (χ4n) is 8.79. The Labute approximate surface area is 195 Å². The van der Waals surface area contributed by atoms with Crippen LogP contribution in [-0.4, -0.2) is 59.5 Å². The summed E-state index contributed by atoms with van der Waals surface area (Å²) >= 11 is 0. The van der Waals surface area contributed by atoms with Crippen molar-refractivity contribution in [2.75, 3.05) is 20.2 Å². The highest BCUT2D eigenvalue weighted by Gasteiger charge is 2.80. The number of nitrogens with zero attached hydrogens (tertiary/aromatic N) is 1. The van der Waals surface area contributed by atoms with E-state index in [-0.39, 0.29) is 22.9 Å². The van der Waals surface area contributed by atoms with E-state index >= 15 is 0 Å². The Bertz CT molecular complexity index is 1100. The molecule has 33 heavy (non-hydrogen) atoms. The van der Waals surface area contributed by atoms with Crippen LogP contribution in [0.5, 0.6) is 5.75 Å². The molecule has 0 unspecified atom stereocenters. The second-order valence-electron chi connectivity index (χ2n) is 12.1. The van der Waals surface area contributed by atoms with E-state index in [1.54, 1.807) is 7.11 Å². The van der Waals surface area contributed by atoms with Gasteiger partial charge in [0.05, 0.1) is 16.6 Å². The van der Waals surface area contributed by atoms with Crippen molar-refractivity contribution in [1.82, 2.24) is 4.90 Å². The predicted molar refractivity (Wildman–Crippen MR) is 123 cm³/mol. The van der Waals surface area contributed by atoms with Crippen molar-refractivity contribution >= 4 is 5.91 Å². The molecule has 0 radical (unpaired) electrons. The normalized spacial score (nSPS) is 42.2. The van der Waals surface area contributed by atoms with Crippen LogP contribution in [0.3, 0.4) is 0 Å². The zero-order valence-electron chi connectivity index (χ0n) is 19.8. The summed E-state index contributed by atoms with van der Waals surface area (Å²) in [4.78, 5) is 15.2. The van der Waals surface area contributed by atoms with Gasteiger partial charge >= 0.3 is 0 Å². The van der Waals surface area contributed by atoms with Crippen molar-refractivity contribution in [2.45, 2.75) is 74.7 Å². The summed E-state index contributed by atoms with van der Waals surface area (Å²) < 4.78 is 13.2. The SMILES string of the molecule is CO[C@@]12C=C[C@@]3(C[C@@H]1C(C)(C)O)[C@H]1Cc4ccc(C(N)=O)c5c4[C@@]3(CCN1CC1CC1)[C@H]2O5. The van der Waals surface area contributed by atoms with Crippen molar-refractivity contribution in [2.24, 2.45) is 23.0 Å². The van der Waals surface area contributed by atoms with Gasteiger partial charge < -0.3 is 20.3 Å². The number of aliphatic hydroxyl groups is 1. The van der Waals surface area contributed by atoms with E-state index in [0.29, 0.717) is 17.4 Å². The number of primary amides is 1. The number of ether oxygens (including phenoxy) is 2. The lowest BCUT2D eigenvalue weighted by Crippen LogP contribution is -2.80. The summed E-state index contributed by atoms with van der Waals surface area (Å²) in [5.41, 5.74) is 6.66. The summed E-state index contributed by atoms with van der Waals surface area (Å²) in [5, 5.41) is 11.4. The van der Waals surface area contributed by atoms with Gasteiger partial charge in [-0.2, -0.15) is 0 Å². The first kappa shape index (κ1) is 20.5. The lowest BCUT2D eigenvalue weighted by molar-refractivity contribution is -0.245. The first-order valence-corrected chi connectivity index (χ1v) is 12.5. The third-order valence-electron chi connectivity index (χ3n) is 10.2. The summed E-state index contributed by atoms with van der Waals surface area (Å²) in [6.07, 6.45) is 9.78. The van der Waals surface area contributed by atoms with Gasteiger partial charge in [-0.1, -0.05) is 18.2 Å². The number of amides is 1. The predicted octanol–water partition coefficient (Wildman–Crippen LogP) is 2.56. The molecule has 7 aliphatic rings.